The maximum Gasteiger partial charge on any atom is 0.233 e. The van der Waals surface area contributed by atoms with Gasteiger partial charge in [0, 0.05) is 43.0 Å². The molecule has 0 bridgehead atoms. The molecule has 3 aliphatic rings. The Morgan fingerprint density at radius 2 is 2.09 bits per heavy atom. The Morgan fingerprint density at radius 1 is 1.21 bits per heavy atom. The van der Waals surface area contributed by atoms with Gasteiger partial charge in [0.25, 0.3) is 0 Å². The Kier molecular flexibility index (Phi) is 5.01. The zero-order chi connectivity index (χ0) is 22.6. The standard InChI is InChI=1S/C26H30N4O3/c1-16-10-28-24-20(16)9-19(11-29-24)18-7-17-3-5-30(25(31)26(2)14-33-15-26)12-22(17)21(8-18)23-13-32-6-4-27-23/h7-11,23,27H,3-6,12-15H2,1-2H3,(H,28,29). The molecular weight excluding hydrogens is 416 g/mol. The predicted octanol–water partition coefficient (Wildman–Crippen LogP) is 3.12. The molecule has 0 saturated carbocycles. The third-order valence-corrected chi connectivity index (χ3v) is 7.39. The fourth-order valence-electron chi connectivity index (χ4n) is 5.32. The molecule has 1 atom stereocenters. The Labute approximate surface area is 193 Å². The van der Waals surface area contributed by atoms with Crippen LogP contribution in [-0.2, 0) is 27.2 Å². The average Bonchev–Trinajstić information content (AvgIpc) is 3.21. The lowest BCUT2D eigenvalue weighted by Gasteiger charge is -2.42. The number of hydrogen-bond donors (Lipinski definition) is 2. The maximum absolute atomic E-state index is 13.2. The van der Waals surface area contributed by atoms with E-state index < -0.39 is 0 Å². The molecule has 0 aliphatic carbocycles. The van der Waals surface area contributed by atoms with Gasteiger partial charge in [0.15, 0.2) is 0 Å². The van der Waals surface area contributed by atoms with Crippen molar-refractivity contribution in [3.05, 3.63) is 52.8 Å². The molecule has 7 heteroatoms. The van der Waals surface area contributed by atoms with Crippen LogP contribution in [0.3, 0.4) is 0 Å². The topological polar surface area (TPSA) is 79.5 Å². The highest BCUT2D eigenvalue weighted by Crippen LogP contribution is 2.36. The Morgan fingerprint density at radius 3 is 2.85 bits per heavy atom. The molecule has 2 aromatic heterocycles. The molecule has 3 aromatic rings. The van der Waals surface area contributed by atoms with Gasteiger partial charge in [-0.3, -0.25) is 4.79 Å². The first-order chi connectivity index (χ1) is 16.0. The minimum atomic E-state index is -0.376. The van der Waals surface area contributed by atoms with E-state index in [-0.39, 0.29) is 17.4 Å². The molecule has 2 saturated heterocycles. The minimum absolute atomic E-state index is 0.121. The normalized spacial score (nSPS) is 22.1. The quantitative estimate of drug-likeness (QED) is 0.646. The molecular formula is C26H30N4O3. The number of aromatic nitrogens is 2. The number of benzene rings is 1. The molecule has 0 spiro atoms. The summed E-state index contributed by atoms with van der Waals surface area (Å²) in [5.74, 6) is 0.208. The second-order valence-corrected chi connectivity index (χ2v) is 9.91. The number of amides is 1. The first-order valence-electron chi connectivity index (χ1n) is 11.8. The molecule has 6 rings (SSSR count). The van der Waals surface area contributed by atoms with Crippen molar-refractivity contribution >= 4 is 16.9 Å². The molecule has 1 aromatic carbocycles. The number of nitrogens with one attached hydrogen (secondary N) is 2. The summed E-state index contributed by atoms with van der Waals surface area (Å²) < 4.78 is 11.2. The molecule has 2 N–H and O–H groups in total. The van der Waals surface area contributed by atoms with Crippen LogP contribution < -0.4 is 5.32 Å². The van der Waals surface area contributed by atoms with E-state index >= 15 is 0 Å². The average molecular weight is 447 g/mol. The molecule has 172 valence electrons. The van der Waals surface area contributed by atoms with E-state index in [1.807, 2.05) is 24.2 Å². The molecule has 2 fully saturated rings. The van der Waals surface area contributed by atoms with Gasteiger partial charge in [0.05, 0.1) is 37.9 Å². The van der Waals surface area contributed by atoms with E-state index in [0.29, 0.717) is 26.4 Å². The SMILES string of the molecule is Cc1c[nH]c2ncc(-c3cc4c(c(C5COCCN5)c3)CN(C(=O)C3(C)COC3)CC4)cc12. The van der Waals surface area contributed by atoms with Crippen molar-refractivity contribution in [2.45, 2.75) is 32.9 Å². The van der Waals surface area contributed by atoms with E-state index in [2.05, 4.69) is 40.4 Å². The number of hydrogen-bond acceptors (Lipinski definition) is 5. The van der Waals surface area contributed by atoms with E-state index in [0.717, 1.165) is 42.7 Å². The highest BCUT2D eigenvalue weighted by molar-refractivity contribution is 5.85. The van der Waals surface area contributed by atoms with Gasteiger partial charge in [0.2, 0.25) is 5.91 Å². The van der Waals surface area contributed by atoms with Gasteiger partial charge < -0.3 is 24.7 Å². The lowest BCUT2D eigenvalue weighted by Crippen LogP contribution is -2.54. The van der Waals surface area contributed by atoms with Crippen molar-refractivity contribution < 1.29 is 14.3 Å². The fraction of sp³-hybridized carbons (Fsp3) is 0.462. The highest BCUT2D eigenvalue weighted by atomic mass is 16.5. The van der Waals surface area contributed by atoms with Crippen LogP contribution in [0.1, 0.15) is 35.2 Å². The van der Waals surface area contributed by atoms with Crippen molar-refractivity contribution in [3.8, 4) is 11.1 Å². The number of carbonyl (C=O) groups is 1. The summed E-state index contributed by atoms with van der Waals surface area (Å²) >= 11 is 0. The molecule has 3 aliphatic heterocycles. The number of pyridine rings is 1. The molecule has 0 radical (unpaired) electrons. The van der Waals surface area contributed by atoms with Crippen molar-refractivity contribution in [1.82, 2.24) is 20.2 Å². The van der Waals surface area contributed by atoms with Crippen molar-refractivity contribution in [2.24, 2.45) is 5.41 Å². The monoisotopic (exact) mass is 446 g/mol. The predicted molar refractivity (Wildman–Crippen MR) is 126 cm³/mol. The number of morpholine rings is 1. The number of H-pyrrole nitrogens is 1. The van der Waals surface area contributed by atoms with Gasteiger partial charge in [-0.15, -0.1) is 0 Å². The van der Waals surface area contributed by atoms with Crippen LogP contribution in [0.15, 0.2) is 30.6 Å². The molecule has 1 unspecified atom stereocenters. The maximum atomic E-state index is 13.2. The van der Waals surface area contributed by atoms with Crippen LogP contribution in [0, 0.1) is 12.3 Å². The number of carbonyl (C=O) groups excluding carboxylic acids is 1. The van der Waals surface area contributed by atoms with Crippen LogP contribution in [0.5, 0.6) is 0 Å². The van der Waals surface area contributed by atoms with Crippen LogP contribution in [-0.4, -0.2) is 60.3 Å². The summed E-state index contributed by atoms with van der Waals surface area (Å²) in [4.78, 5) is 23.1. The first-order valence-corrected chi connectivity index (χ1v) is 11.8. The lowest BCUT2D eigenvalue weighted by molar-refractivity contribution is -0.169. The summed E-state index contributed by atoms with van der Waals surface area (Å²) in [6.45, 7) is 8.75. The second-order valence-electron chi connectivity index (χ2n) is 9.91. The Bertz CT molecular complexity index is 1220. The smallest absolute Gasteiger partial charge is 0.233 e. The third-order valence-electron chi connectivity index (χ3n) is 7.39. The van der Waals surface area contributed by atoms with Crippen LogP contribution >= 0.6 is 0 Å². The molecule has 5 heterocycles. The molecule has 7 nitrogen and oxygen atoms in total. The van der Waals surface area contributed by atoms with E-state index in [1.165, 1.54) is 27.8 Å². The van der Waals surface area contributed by atoms with Gasteiger partial charge in [-0.1, -0.05) is 6.07 Å². The lowest BCUT2D eigenvalue weighted by atomic mass is 9.84. The summed E-state index contributed by atoms with van der Waals surface area (Å²) in [5, 5.41) is 4.78. The fourth-order valence-corrected chi connectivity index (χ4v) is 5.32. The van der Waals surface area contributed by atoms with Crippen LogP contribution in [0.2, 0.25) is 0 Å². The molecule has 33 heavy (non-hydrogen) atoms. The van der Waals surface area contributed by atoms with Crippen LogP contribution in [0.25, 0.3) is 22.2 Å². The summed E-state index contributed by atoms with van der Waals surface area (Å²) in [5.41, 5.74) is 7.84. The Hall–Kier alpha value is -2.74. The minimum Gasteiger partial charge on any atom is -0.379 e. The van der Waals surface area contributed by atoms with Gasteiger partial charge in [-0.25, -0.2) is 4.98 Å². The summed E-state index contributed by atoms with van der Waals surface area (Å²) in [6.07, 6.45) is 4.80. The van der Waals surface area contributed by atoms with E-state index in [9.17, 15) is 4.79 Å². The summed E-state index contributed by atoms with van der Waals surface area (Å²) in [7, 11) is 0. The number of rotatable bonds is 3. The molecule has 1 amide bonds. The number of ether oxygens (including phenoxy) is 2. The van der Waals surface area contributed by atoms with Gasteiger partial charge in [-0.05, 0) is 60.2 Å². The van der Waals surface area contributed by atoms with Gasteiger partial charge in [-0.2, -0.15) is 0 Å². The van der Waals surface area contributed by atoms with Gasteiger partial charge in [0.1, 0.15) is 5.65 Å². The van der Waals surface area contributed by atoms with Crippen molar-refractivity contribution in [3.63, 3.8) is 0 Å². The number of nitrogens with zero attached hydrogens (tertiary/aromatic N) is 2. The third kappa shape index (κ3) is 3.55. The number of aryl methyl sites for hydroxylation is 1. The highest BCUT2D eigenvalue weighted by Gasteiger charge is 2.44. The zero-order valence-electron chi connectivity index (χ0n) is 19.2. The van der Waals surface area contributed by atoms with Crippen LogP contribution in [0.4, 0.5) is 0 Å². The zero-order valence-corrected chi connectivity index (χ0v) is 19.2. The Balaban J connectivity index is 1.41. The first kappa shape index (κ1) is 20.8. The second kappa shape index (κ2) is 7.94. The summed E-state index contributed by atoms with van der Waals surface area (Å²) in [6, 6.07) is 6.91. The van der Waals surface area contributed by atoms with E-state index in [1.54, 1.807) is 0 Å². The van der Waals surface area contributed by atoms with Crippen molar-refractivity contribution in [2.75, 3.05) is 39.5 Å². The largest absolute Gasteiger partial charge is 0.379 e. The number of fused-ring (bicyclic) bond motifs is 2. The van der Waals surface area contributed by atoms with E-state index in [4.69, 9.17) is 9.47 Å². The van der Waals surface area contributed by atoms with Gasteiger partial charge >= 0.3 is 0 Å². The number of aromatic amines is 1. The van der Waals surface area contributed by atoms with Crippen molar-refractivity contribution in [1.29, 1.82) is 0 Å².